The number of benzene rings is 1. The van der Waals surface area contributed by atoms with Gasteiger partial charge in [-0.25, -0.2) is 9.97 Å². The number of nitrogens with zero attached hydrogens (tertiary/aromatic N) is 4. The normalized spacial score (nSPS) is 14.3. The SMILES string of the molecule is O=C(Nc1nnc(-c2ccccc2)o1)c1ncc(S(F)(F)(F)(F)F)cn1. The highest BCUT2D eigenvalue weighted by atomic mass is 32.5. The lowest BCUT2D eigenvalue weighted by atomic mass is 10.2. The van der Waals surface area contributed by atoms with Crippen molar-refractivity contribution in [2.24, 2.45) is 0 Å². The van der Waals surface area contributed by atoms with Gasteiger partial charge in [0.1, 0.15) is 4.90 Å². The van der Waals surface area contributed by atoms with Crippen molar-refractivity contribution in [3.05, 3.63) is 48.5 Å². The molecule has 0 saturated carbocycles. The Bertz CT molecular complexity index is 961. The zero-order valence-corrected chi connectivity index (χ0v) is 13.3. The van der Waals surface area contributed by atoms with Gasteiger partial charge in [0.2, 0.25) is 11.7 Å². The molecule has 0 fully saturated rings. The van der Waals surface area contributed by atoms with Crippen LogP contribution >= 0.6 is 10.2 Å². The summed E-state index contributed by atoms with van der Waals surface area (Å²) in [6, 6.07) is 8.16. The van der Waals surface area contributed by atoms with E-state index in [1.807, 2.05) is 0 Å². The second-order valence-electron chi connectivity index (χ2n) is 4.94. The summed E-state index contributed by atoms with van der Waals surface area (Å²) in [4.78, 5) is 15.6. The van der Waals surface area contributed by atoms with E-state index < -0.39 is 26.9 Å². The minimum Gasteiger partial charge on any atom is -0.403 e. The minimum atomic E-state index is -9.90. The summed E-state index contributed by atoms with van der Waals surface area (Å²) in [5, 5.41) is 9.28. The summed E-state index contributed by atoms with van der Waals surface area (Å²) < 4.78 is 68.1. The van der Waals surface area contributed by atoms with E-state index >= 15 is 0 Å². The lowest BCUT2D eigenvalue weighted by Crippen LogP contribution is -2.17. The number of carbonyl (C=O) groups is 1. The van der Waals surface area contributed by atoms with Gasteiger partial charge in [0.05, 0.1) is 12.4 Å². The third-order valence-corrected chi connectivity index (χ3v) is 4.04. The van der Waals surface area contributed by atoms with E-state index in [4.69, 9.17) is 4.42 Å². The Morgan fingerprint density at radius 1 is 0.962 bits per heavy atom. The Morgan fingerprint density at radius 2 is 1.58 bits per heavy atom. The van der Waals surface area contributed by atoms with Crippen molar-refractivity contribution in [3.63, 3.8) is 0 Å². The number of hydrogen-bond donors (Lipinski definition) is 1. The lowest BCUT2D eigenvalue weighted by Gasteiger charge is -2.39. The number of hydrogen-bond acceptors (Lipinski definition) is 6. The molecule has 0 aliphatic heterocycles. The number of rotatable bonds is 4. The van der Waals surface area contributed by atoms with Gasteiger partial charge in [-0.2, -0.15) is 0 Å². The molecule has 2 heterocycles. The highest BCUT2D eigenvalue weighted by Crippen LogP contribution is 3.01. The van der Waals surface area contributed by atoms with Crippen LogP contribution in [-0.4, -0.2) is 26.1 Å². The second kappa shape index (κ2) is 5.20. The van der Waals surface area contributed by atoms with Gasteiger partial charge in [-0.1, -0.05) is 42.7 Å². The van der Waals surface area contributed by atoms with E-state index in [9.17, 15) is 24.2 Å². The maximum Gasteiger partial charge on any atom is 0.322 e. The average Bonchev–Trinajstić information content (AvgIpc) is 3.02. The van der Waals surface area contributed by atoms with Crippen molar-refractivity contribution < 1.29 is 28.6 Å². The van der Waals surface area contributed by atoms with E-state index in [0.29, 0.717) is 5.56 Å². The highest BCUT2D eigenvalue weighted by Gasteiger charge is 2.66. The molecule has 0 saturated heterocycles. The molecule has 0 spiro atoms. The van der Waals surface area contributed by atoms with Gasteiger partial charge >= 0.3 is 16.2 Å². The first-order chi connectivity index (χ1) is 11.9. The molecule has 26 heavy (non-hydrogen) atoms. The predicted octanol–water partition coefficient (Wildman–Crippen LogP) is 4.44. The molecule has 138 valence electrons. The second-order valence-corrected chi connectivity index (χ2v) is 7.35. The van der Waals surface area contributed by atoms with Gasteiger partial charge in [0, 0.05) is 5.56 Å². The van der Waals surface area contributed by atoms with E-state index in [0.717, 1.165) is 0 Å². The summed E-state index contributed by atoms with van der Waals surface area (Å²) in [5.74, 6) is -1.81. The molecule has 1 N–H and O–H groups in total. The fraction of sp³-hybridized carbons (Fsp3) is 0. The Morgan fingerprint density at radius 3 is 2.15 bits per heavy atom. The monoisotopic (exact) mass is 393 g/mol. The van der Waals surface area contributed by atoms with Gasteiger partial charge in [-0.3, -0.25) is 10.1 Å². The molecule has 0 aliphatic carbocycles. The van der Waals surface area contributed by atoms with Gasteiger partial charge < -0.3 is 4.42 Å². The van der Waals surface area contributed by atoms with Crippen LogP contribution in [0, 0.1) is 0 Å². The molecule has 2 aromatic heterocycles. The molecule has 1 aromatic carbocycles. The van der Waals surface area contributed by atoms with Crippen LogP contribution in [0.5, 0.6) is 0 Å². The molecule has 3 aromatic rings. The van der Waals surface area contributed by atoms with Crippen LogP contribution in [-0.2, 0) is 0 Å². The van der Waals surface area contributed by atoms with Gasteiger partial charge in [0.25, 0.3) is 5.91 Å². The van der Waals surface area contributed by atoms with Crippen LogP contribution in [0.25, 0.3) is 11.5 Å². The van der Waals surface area contributed by atoms with E-state index in [1.165, 1.54) is 0 Å². The largest absolute Gasteiger partial charge is 0.403 e. The molecule has 1 amide bonds. The molecule has 13 heteroatoms. The average molecular weight is 393 g/mol. The predicted molar refractivity (Wildman–Crippen MR) is 81.1 cm³/mol. The van der Waals surface area contributed by atoms with Gasteiger partial charge in [-0.05, 0) is 12.1 Å². The number of nitrogens with one attached hydrogen (secondary N) is 1. The van der Waals surface area contributed by atoms with Crippen molar-refractivity contribution >= 4 is 22.1 Å². The third-order valence-electron chi connectivity index (χ3n) is 2.94. The zero-order chi connectivity index (χ0) is 19.1. The van der Waals surface area contributed by atoms with Crippen molar-refractivity contribution in [2.75, 3.05) is 5.32 Å². The lowest BCUT2D eigenvalue weighted by molar-refractivity contribution is 0.101. The number of amides is 1. The molecular weight excluding hydrogens is 385 g/mol. The Labute approximate surface area is 142 Å². The van der Waals surface area contributed by atoms with Crippen molar-refractivity contribution in [2.45, 2.75) is 4.90 Å². The van der Waals surface area contributed by atoms with Crippen molar-refractivity contribution in [3.8, 4) is 11.5 Å². The van der Waals surface area contributed by atoms with E-state index in [1.54, 1.807) is 30.3 Å². The number of anilines is 1. The Kier molecular flexibility index (Phi) is 3.55. The number of carbonyl (C=O) groups excluding carboxylic acids is 1. The standard InChI is InChI=1S/C13H8F5N5O2S/c14-26(15,16,17,18)9-6-19-10(20-7-9)11(24)21-13-23-22-12(25-13)8-4-2-1-3-5-8/h1-7H,(H,21,23,24). The van der Waals surface area contributed by atoms with Crippen LogP contribution in [0.4, 0.5) is 25.4 Å². The smallest absolute Gasteiger partial charge is 0.322 e. The summed E-state index contributed by atoms with van der Waals surface area (Å²) in [7, 11) is -9.90. The van der Waals surface area contributed by atoms with Crippen LogP contribution in [0.1, 0.15) is 10.6 Å². The summed E-state index contributed by atoms with van der Waals surface area (Å²) in [6.07, 6.45) is -0.320. The first-order valence-corrected chi connectivity index (χ1v) is 8.64. The van der Waals surface area contributed by atoms with Crippen LogP contribution in [0.3, 0.4) is 0 Å². The molecular formula is C13H8F5N5O2S. The van der Waals surface area contributed by atoms with Gasteiger partial charge in [-0.15, -0.1) is 5.10 Å². The number of halogens is 5. The fourth-order valence-electron chi connectivity index (χ4n) is 1.76. The van der Waals surface area contributed by atoms with E-state index in [2.05, 4.69) is 25.5 Å². The molecule has 3 rings (SSSR count). The first kappa shape index (κ1) is 17.7. The summed E-state index contributed by atoms with van der Waals surface area (Å²) in [6.45, 7) is 0. The quantitative estimate of drug-likeness (QED) is 0.659. The van der Waals surface area contributed by atoms with Gasteiger partial charge in [0.15, 0.2) is 0 Å². The van der Waals surface area contributed by atoms with Crippen molar-refractivity contribution in [1.82, 2.24) is 20.2 Å². The number of aromatic nitrogens is 4. The van der Waals surface area contributed by atoms with Crippen LogP contribution < -0.4 is 5.32 Å². The topological polar surface area (TPSA) is 93.8 Å². The van der Waals surface area contributed by atoms with Crippen LogP contribution in [0.2, 0.25) is 0 Å². The maximum atomic E-state index is 12.6. The summed E-state index contributed by atoms with van der Waals surface area (Å²) in [5.41, 5.74) is 0.567. The van der Waals surface area contributed by atoms with E-state index in [-0.39, 0.29) is 24.3 Å². The first-order valence-electron chi connectivity index (χ1n) is 6.69. The molecule has 7 nitrogen and oxygen atoms in total. The Balaban J connectivity index is 1.76. The maximum absolute atomic E-state index is 12.6. The van der Waals surface area contributed by atoms with Crippen LogP contribution in [0.15, 0.2) is 52.0 Å². The molecule has 0 bridgehead atoms. The summed E-state index contributed by atoms with van der Waals surface area (Å²) >= 11 is 0. The Hall–Kier alpha value is -3.09. The molecule has 0 unspecified atom stereocenters. The minimum absolute atomic E-state index is 0.0816. The fourth-order valence-corrected chi connectivity index (χ4v) is 2.26. The molecule has 0 atom stereocenters. The zero-order valence-electron chi connectivity index (χ0n) is 12.4. The van der Waals surface area contributed by atoms with Crippen molar-refractivity contribution in [1.29, 1.82) is 0 Å². The molecule has 0 radical (unpaired) electrons. The third kappa shape index (κ3) is 3.93. The molecule has 0 aliphatic rings. The highest BCUT2D eigenvalue weighted by molar-refractivity contribution is 8.45.